The van der Waals surface area contributed by atoms with Gasteiger partial charge in [0.15, 0.2) is 18.5 Å². The minimum atomic E-state index is -1.37. The largest absolute Gasteiger partial charge is 0.463 e. The maximum absolute atomic E-state index is 12.1. The van der Waals surface area contributed by atoms with Crippen LogP contribution in [0.4, 0.5) is 0 Å². The number of nitrogens with one attached hydrogen (secondary N) is 1. The van der Waals surface area contributed by atoms with Gasteiger partial charge in [0.1, 0.15) is 18.8 Å². The number of ether oxygens (including phenoxy) is 5. The minimum absolute atomic E-state index is 0.177. The van der Waals surface area contributed by atoms with Crippen molar-refractivity contribution in [2.75, 3.05) is 26.4 Å². The van der Waals surface area contributed by atoms with Crippen LogP contribution in [0.5, 0.6) is 0 Å². The third kappa shape index (κ3) is 13.7. The van der Waals surface area contributed by atoms with E-state index in [2.05, 4.69) is 43.8 Å². The lowest BCUT2D eigenvalue weighted by molar-refractivity contribution is -0.277. The lowest BCUT2D eigenvalue weighted by Crippen LogP contribution is -2.66. The zero-order valence-corrected chi connectivity index (χ0v) is 26.7. The number of amides is 1. The molecule has 1 aliphatic rings. The number of nitrogens with zero attached hydrogens (tertiary/aromatic N) is 2. The summed E-state index contributed by atoms with van der Waals surface area (Å²) < 4.78 is 42.0. The molecular weight excluding hydrogens is 573 g/mol. The smallest absolute Gasteiger partial charge is 0.303 e. The number of hydrogen-bond donors (Lipinski definition) is 1. The van der Waals surface area contributed by atoms with E-state index in [1.54, 1.807) is 0 Å². The SMILES string of the molecule is CC(=O)NC1C(OC(C)=O)[C@@H](OC(C)=O)C(COC(C)=O)O[C@H]1OCCCCOP(OCCC#N)N(C(C)C)C(C)C. The van der Waals surface area contributed by atoms with Crippen molar-refractivity contribution in [1.82, 2.24) is 9.99 Å². The maximum Gasteiger partial charge on any atom is 0.303 e. The molecule has 1 fully saturated rings. The summed E-state index contributed by atoms with van der Waals surface area (Å²) in [7, 11) is -1.37. The van der Waals surface area contributed by atoms with E-state index < -0.39 is 63.0 Å². The van der Waals surface area contributed by atoms with E-state index in [-0.39, 0.29) is 38.3 Å². The summed E-state index contributed by atoms with van der Waals surface area (Å²) in [5, 5.41) is 11.5. The summed E-state index contributed by atoms with van der Waals surface area (Å²) in [6.07, 6.45) is -3.10. The van der Waals surface area contributed by atoms with Gasteiger partial charge in [-0.15, -0.1) is 0 Å². The summed E-state index contributed by atoms with van der Waals surface area (Å²) >= 11 is 0. The van der Waals surface area contributed by atoms with Gasteiger partial charge in [-0.25, -0.2) is 4.67 Å². The molecule has 15 heteroatoms. The monoisotopic (exact) mass is 619 g/mol. The number of hydrogen-bond acceptors (Lipinski definition) is 13. The topological polar surface area (TPSA) is 172 Å². The van der Waals surface area contributed by atoms with E-state index in [1.165, 1.54) is 27.7 Å². The van der Waals surface area contributed by atoms with Crippen LogP contribution in [0.15, 0.2) is 0 Å². The second-order valence-corrected chi connectivity index (χ2v) is 11.6. The molecule has 0 radical (unpaired) electrons. The molecule has 1 N–H and O–H groups in total. The van der Waals surface area contributed by atoms with Crippen LogP contribution >= 0.6 is 8.53 Å². The number of unbranched alkanes of at least 4 members (excludes halogenated alkanes) is 1. The van der Waals surface area contributed by atoms with Gasteiger partial charge < -0.3 is 38.0 Å². The number of carbonyl (C=O) groups excluding carboxylic acids is 4. The Morgan fingerprint density at radius 3 is 1.98 bits per heavy atom. The highest BCUT2D eigenvalue weighted by molar-refractivity contribution is 7.44. The molecule has 240 valence electrons. The van der Waals surface area contributed by atoms with Crippen LogP contribution in [0, 0.1) is 11.3 Å². The first kappa shape index (κ1) is 37.6. The van der Waals surface area contributed by atoms with E-state index in [0.29, 0.717) is 19.4 Å². The molecule has 14 nitrogen and oxygen atoms in total. The Morgan fingerprint density at radius 1 is 0.881 bits per heavy atom. The molecule has 0 aromatic carbocycles. The average Bonchev–Trinajstić information content (AvgIpc) is 2.86. The zero-order chi connectivity index (χ0) is 31.8. The standard InChI is InChI=1S/C27H46N3O11P/c1-17(2)30(18(3)4)42(38-15-11-12-28)37-14-10-9-13-35-27-24(29-19(5)31)26(40-22(8)34)25(39-21(7)33)23(41-27)16-36-20(6)32/h17-18,23-27H,9-11,13-16H2,1-8H3,(H,29,31)/t23?,24?,25-,26?,27+,42?/m0/s1. The van der Waals surface area contributed by atoms with E-state index in [4.69, 9.17) is 38.0 Å². The van der Waals surface area contributed by atoms with Gasteiger partial charge in [0, 0.05) is 46.4 Å². The molecule has 1 saturated heterocycles. The van der Waals surface area contributed by atoms with Crippen LogP contribution < -0.4 is 5.32 Å². The molecule has 1 rings (SSSR count). The number of carbonyl (C=O) groups is 4. The molecule has 1 amide bonds. The molecule has 0 spiro atoms. The van der Waals surface area contributed by atoms with Gasteiger partial charge in [0.2, 0.25) is 5.91 Å². The van der Waals surface area contributed by atoms with Crippen molar-refractivity contribution in [2.24, 2.45) is 0 Å². The summed E-state index contributed by atoms with van der Waals surface area (Å²) in [5.41, 5.74) is 0. The van der Waals surface area contributed by atoms with Crippen LogP contribution in [0.1, 0.15) is 74.7 Å². The molecule has 42 heavy (non-hydrogen) atoms. The first-order valence-corrected chi connectivity index (χ1v) is 15.1. The highest BCUT2D eigenvalue weighted by Crippen LogP contribution is 2.46. The lowest BCUT2D eigenvalue weighted by Gasteiger charge is -2.44. The molecule has 1 heterocycles. The second kappa shape index (κ2) is 19.7. The van der Waals surface area contributed by atoms with Crippen LogP contribution in [-0.4, -0.2) is 97.6 Å². The molecule has 6 atom stereocenters. The van der Waals surface area contributed by atoms with Crippen LogP contribution in [0.25, 0.3) is 0 Å². The van der Waals surface area contributed by atoms with Crippen molar-refractivity contribution in [3.8, 4) is 6.07 Å². The Bertz CT molecular complexity index is 906. The Hall–Kier alpha value is -2.40. The molecule has 0 aliphatic carbocycles. The Morgan fingerprint density at radius 2 is 1.45 bits per heavy atom. The number of esters is 3. The molecule has 1 aliphatic heterocycles. The third-order valence-corrected chi connectivity index (χ3v) is 7.86. The summed E-state index contributed by atoms with van der Waals surface area (Å²) in [5.74, 6) is -2.40. The van der Waals surface area contributed by atoms with Gasteiger partial charge in [-0.05, 0) is 40.5 Å². The first-order chi connectivity index (χ1) is 19.8. The predicted molar refractivity (Wildman–Crippen MR) is 150 cm³/mol. The summed E-state index contributed by atoms with van der Waals surface area (Å²) in [6.45, 7) is 13.6. The van der Waals surface area contributed by atoms with Crippen molar-refractivity contribution in [2.45, 2.75) is 117 Å². The fourth-order valence-electron chi connectivity index (χ4n) is 4.29. The highest BCUT2D eigenvalue weighted by atomic mass is 31.2. The fourth-order valence-corrected chi connectivity index (χ4v) is 5.92. The van der Waals surface area contributed by atoms with Crippen LogP contribution in [0.2, 0.25) is 0 Å². The van der Waals surface area contributed by atoms with Gasteiger partial charge in [-0.1, -0.05) is 0 Å². The van der Waals surface area contributed by atoms with Gasteiger partial charge in [0.25, 0.3) is 8.53 Å². The van der Waals surface area contributed by atoms with E-state index in [1.807, 2.05) is 0 Å². The molecule has 0 aromatic rings. The Kier molecular flexibility index (Phi) is 17.7. The maximum atomic E-state index is 12.1. The highest BCUT2D eigenvalue weighted by Gasteiger charge is 2.51. The molecule has 4 unspecified atom stereocenters. The van der Waals surface area contributed by atoms with Crippen LogP contribution in [0.3, 0.4) is 0 Å². The summed E-state index contributed by atoms with van der Waals surface area (Å²) in [6, 6.07) is 1.41. The summed E-state index contributed by atoms with van der Waals surface area (Å²) in [4.78, 5) is 47.4. The minimum Gasteiger partial charge on any atom is -0.463 e. The van der Waals surface area contributed by atoms with Crippen molar-refractivity contribution in [3.63, 3.8) is 0 Å². The van der Waals surface area contributed by atoms with Gasteiger partial charge in [-0.2, -0.15) is 5.26 Å². The first-order valence-electron chi connectivity index (χ1n) is 14.0. The molecule has 0 bridgehead atoms. The molecule has 0 aromatic heterocycles. The van der Waals surface area contributed by atoms with Crippen LogP contribution in [-0.2, 0) is 51.9 Å². The lowest BCUT2D eigenvalue weighted by atomic mass is 9.96. The fraction of sp³-hybridized carbons (Fsp3) is 0.815. The third-order valence-electron chi connectivity index (χ3n) is 5.76. The average molecular weight is 620 g/mol. The molecular formula is C27H46N3O11P. The van der Waals surface area contributed by atoms with E-state index >= 15 is 0 Å². The van der Waals surface area contributed by atoms with Crippen molar-refractivity contribution < 1.29 is 51.9 Å². The van der Waals surface area contributed by atoms with Crippen molar-refractivity contribution in [3.05, 3.63) is 0 Å². The Balaban J connectivity index is 2.94. The van der Waals surface area contributed by atoms with E-state index in [0.717, 1.165) is 0 Å². The van der Waals surface area contributed by atoms with Gasteiger partial charge in [0.05, 0.1) is 25.7 Å². The molecule has 0 saturated carbocycles. The predicted octanol–water partition coefficient (Wildman–Crippen LogP) is 2.73. The van der Waals surface area contributed by atoms with E-state index in [9.17, 15) is 19.2 Å². The zero-order valence-electron chi connectivity index (χ0n) is 25.8. The normalized spacial score (nSPS) is 22.9. The van der Waals surface area contributed by atoms with Crippen molar-refractivity contribution in [1.29, 1.82) is 5.26 Å². The van der Waals surface area contributed by atoms with Gasteiger partial charge >= 0.3 is 17.9 Å². The van der Waals surface area contributed by atoms with Crippen molar-refractivity contribution >= 4 is 32.3 Å². The number of nitriles is 1. The quantitative estimate of drug-likeness (QED) is 0.103. The second-order valence-electron chi connectivity index (χ2n) is 10.2. The Labute approximate surface area is 249 Å². The number of rotatable bonds is 18. The van der Waals surface area contributed by atoms with Gasteiger partial charge in [-0.3, -0.25) is 19.2 Å².